The summed E-state index contributed by atoms with van der Waals surface area (Å²) < 4.78 is 5.42. The molecule has 0 radical (unpaired) electrons. The van der Waals surface area contributed by atoms with Gasteiger partial charge in [0, 0.05) is 23.3 Å². The maximum atomic E-state index is 11.8. The summed E-state index contributed by atoms with van der Waals surface area (Å²) in [4.78, 5) is 16.4. The average molecular weight is 296 g/mol. The Morgan fingerprint density at radius 2 is 2.14 bits per heavy atom. The van der Waals surface area contributed by atoms with Crippen molar-refractivity contribution in [3.8, 4) is 0 Å². The van der Waals surface area contributed by atoms with E-state index in [1.165, 1.54) is 0 Å². The molecule has 21 heavy (non-hydrogen) atoms. The fraction of sp³-hybridized carbons (Fsp3) is 0.667. The Hall–Kier alpha value is -1.21. The van der Waals surface area contributed by atoms with Crippen molar-refractivity contribution < 1.29 is 29.9 Å². The summed E-state index contributed by atoms with van der Waals surface area (Å²) in [7, 11) is 0. The van der Waals surface area contributed by atoms with Crippen LogP contribution in [0.3, 0.4) is 0 Å². The third kappa shape index (κ3) is 1.83. The van der Waals surface area contributed by atoms with Gasteiger partial charge in [-0.25, -0.2) is 9.68 Å². The lowest BCUT2D eigenvalue weighted by Gasteiger charge is -2.39. The summed E-state index contributed by atoms with van der Waals surface area (Å²) in [6, 6.07) is 0. The average Bonchev–Trinajstić information content (AvgIpc) is 2.88. The number of carbonyl (C=O) groups excluding carboxylic acids is 1. The number of aliphatic hydroxyl groups excluding tert-OH is 1. The van der Waals surface area contributed by atoms with E-state index in [4.69, 9.17) is 4.74 Å². The Morgan fingerprint density at radius 3 is 2.76 bits per heavy atom. The molecule has 3 rings (SSSR count). The molecule has 6 nitrogen and oxygen atoms in total. The van der Waals surface area contributed by atoms with Crippen LogP contribution in [0.5, 0.6) is 0 Å². The van der Waals surface area contributed by atoms with Gasteiger partial charge in [-0.15, -0.1) is 0 Å². The van der Waals surface area contributed by atoms with E-state index in [-0.39, 0.29) is 6.42 Å². The molecule has 116 valence electrons. The van der Waals surface area contributed by atoms with E-state index in [0.717, 1.165) is 0 Å². The summed E-state index contributed by atoms with van der Waals surface area (Å²) in [6.07, 6.45) is 1.91. The number of ether oxygens (including phenoxy) is 1. The van der Waals surface area contributed by atoms with Gasteiger partial charge >= 0.3 is 5.97 Å². The highest BCUT2D eigenvalue weighted by Crippen LogP contribution is 2.53. The predicted molar refractivity (Wildman–Crippen MR) is 72.0 cm³/mol. The van der Waals surface area contributed by atoms with Crippen LogP contribution in [0.15, 0.2) is 24.3 Å². The van der Waals surface area contributed by atoms with Crippen molar-refractivity contribution in [1.29, 1.82) is 0 Å². The van der Waals surface area contributed by atoms with Gasteiger partial charge in [0.05, 0.1) is 11.7 Å². The molecule has 0 aromatic rings. The molecule has 0 unspecified atom stereocenters. The van der Waals surface area contributed by atoms with Crippen LogP contribution in [0.2, 0.25) is 0 Å². The number of carbonyl (C=O) groups is 1. The molecule has 1 saturated heterocycles. The van der Waals surface area contributed by atoms with E-state index in [2.05, 4.69) is 11.5 Å². The third-order valence-electron chi connectivity index (χ3n) is 5.41. The van der Waals surface area contributed by atoms with E-state index in [1.807, 2.05) is 0 Å². The second kappa shape index (κ2) is 4.39. The molecule has 0 aromatic heterocycles. The Balaban J connectivity index is 2.10. The highest BCUT2D eigenvalue weighted by atomic mass is 17.1. The van der Waals surface area contributed by atoms with Crippen molar-refractivity contribution in [2.45, 2.75) is 43.7 Å². The molecule has 0 amide bonds. The van der Waals surface area contributed by atoms with Crippen LogP contribution in [-0.4, -0.2) is 44.8 Å². The summed E-state index contributed by atoms with van der Waals surface area (Å²) in [6.45, 7) is 6.95. The van der Waals surface area contributed by atoms with Crippen molar-refractivity contribution in [3.63, 3.8) is 0 Å². The summed E-state index contributed by atoms with van der Waals surface area (Å²) in [5.74, 6) is -1.89. The first-order valence-electron chi connectivity index (χ1n) is 7.04. The van der Waals surface area contributed by atoms with E-state index < -0.39 is 47.1 Å². The number of hydrogen-bond donors (Lipinski definition) is 3. The molecular weight excluding hydrogens is 276 g/mol. The van der Waals surface area contributed by atoms with Crippen LogP contribution in [-0.2, 0) is 14.4 Å². The topological polar surface area (TPSA) is 96.2 Å². The minimum Gasteiger partial charge on any atom is -0.458 e. The van der Waals surface area contributed by atoms with E-state index in [9.17, 15) is 20.3 Å². The summed E-state index contributed by atoms with van der Waals surface area (Å²) in [5, 5.41) is 30.4. The first-order valence-corrected chi connectivity index (χ1v) is 7.04. The van der Waals surface area contributed by atoms with Gasteiger partial charge < -0.3 is 14.9 Å². The fourth-order valence-corrected chi connectivity index (χ4v) is 3.99. The molecule has 7 atom stereocenters. The van der Waals surface area contributed by atoms with Crippen molar-refractivity contribution in [3.05, 3.63) is 24.3 Å². The Kier molecular flexibility index (Phi) is 3.08. The molecule has 1 heterocycles. The molecule has 3 N–H and O–H groups in total. The molecular formula is C15H20O6. The summed E-state index contributed by atoms with van der Waals surface area (Å²) >= 11 is 0. The van der Waals surface area contributed by atoms with Gasteiger partial charge in [-0.2, -0.15) is 0 Å². The number of aliphatic hydroxyl groups is 2. The smallest absolute Gasteiger partial charge is 0.334 e. The Labute approximate surface area is 122 Å². The Morgan fingerprint density at radius 1 is 1.48 bits per heavy atom. The van der Waals surface area contributed by atoms with Crippen molar-refractivity contribution in [2.75, 3.05) is 0 Å². The molecule has 2 aliphatic carbocycles. The number of rotatable bonds is 1. The van der Waals surface area contributed by atoms with Gasteiger partial charge in [0.1, 0.15) is 11.7 Å². The van der Waals surface area contributed by atoms with E-state index in [0.29, 0.717) is 5.57 Å². The van der Waals surface area contributed by atoms with Gasteiger partial charge in [0.2, 0.25) is 0 Å². The normalized spacial score (nSPS) is 52.3. The Bertz CT molecular complexity index is 524. The first kappa shape index (κ1) is 14.7. The maximum absolute atomic E-state index is 11.8. The zero-order valence-corrected chi connectivity index (χ0v) is 12.0. The predicted octanol–water partition coefficient (Wildman–Crippen LogP) is 0.650. The molecule has 0 bridgehead atoms. The van der Waals surface area contributed by atoms with Crippen LogP contribution < -0.4 is 0 Å². The van der Waals surface area contributed by atoms with Crippen molar-refractivity contribution in [1.82, 2.24) is 0 Å². The lowest BCUT2D eigenvalue weighted by Crippen LogP contribution is -2.51. The SMILES string of the molecule is C=C1C(=O)O[C@@H]2[C@@H]3[C@@H](C=C[C@@]3(C)OO)[C@](C)(O)[C@H](O)C[C@@H]12. The maximum Gasteiger partial charge on any atom is 0.334 e. The highest BCUT2D eigenvalue weighted by Gasteiger charge is 2.62. The van der Waals surface area contributed by atoms with E-state index >= 15 is 0 Å². The second-order valence-corrected chi connectivity index (χ2v) is 6.66. The lowest BCUT2D eigenvalue weighted by atomic mass is 9.73. The molecule has 0 spiro atoms. The molecule has 6 heteroatoms. The monoisotopic (exact) mass is 296 g/mol. The van der Waals surface area contributed by atoms with E-state index in [1.54, 1.807) is 26.0 Å². The molecule has 1 saturated carbocycles. The minimum atomic E-state index is -1.41. The third-order valence-corrected chi connectivity index (χ3v) is 5.41. The molecule has 1 aliphatic heterocycles. The van der Waals surface area contributed by atoms with Crippen molar-refractivity contribution >= 4 is 5.97 Å². The van der Waals surface area contributed by atoms with Crippen LogP contribution >= 0.6 is 0 Å². The fourth-order valence-electron chi connectivity index (χ4n) is 3.99. The number of fused-ring (bicyclic) bond motifs is 3. The first-order chi connectivity index (χ1) is 9.72. The van der Waals surface area contributed by atoms with Crippen LogP contribution in [0.25, 0.3) is 0 Å². The standard InChI is InChI=1S/C15H20O6/c1-7-8-6-10(16)15(3,18)9-4-5-14(2,21-19)11(9)12(8)20-13(7)17/h4-5,8-12,16,18-19H,1,6H2,2-3H3/t8-,9+,10+,11-,12-,14+,15-/m0/s1. The van der Waals surface area contributed by atoms with Crippen LogP contribution in [0.1, 0.15) is 20.3 Å². The zero-order valence-electron chi connectivity index (χ0n) is 12.0. The number of esters is 1. The quantitative estimate of drug-likeness (QED) is 0.216. The van der Waals surface area contributed by atoms with Crippen LogP contribution in [0.4, 0.5) is 0 Å². The van der Waals surface area contributed by atoms with Gasteiger partial charge in [-0.05, 0) is 20.3 Å². The second-order valence-electron chi connectivity index (χ2n) is 6.66. The van der Waals surface area contributed by atoms with Crippen LogP contribution in [0, 0.1) is 17.8 Å². The van der Waals surface area contributed by atoms with Gasteiger partial charge in [0.15, 0.2) is 0 Å². The molecule has 0 aromatic carbocycles. The van der Waals surface area contributed by atoms with Gasteiger partial charge in [-0.1, -0.05) is 18.7 Å². The van der Waals surface area contributed by atoms with Crippen molar-refractivity contribution in [2.24, 2.45) is 17.8 Å². The largest absolute Gasteiger partial charge is 0.458 e. The number of hydrogen-bond acceptors (Lipinski definition) is 6. The minimum absolute atomic E-state index is 0.185. The zero-order chi connectivity index (χ0) is 15.6. The lowest BCUT2D eigenvalue weighted by molar-refractivity contribution is -0.324. The molecule has 2 fully saturated rings. The van der Waals surface area contributed by atoms with Gasteiger partial charge in [-0.3, -0.25) is 5.26 Å². The molecule has 3 aliphatic rings. The highest BCUT2D eigenvalue weighted by molar-refractivity contribution is 5.91. The van der Waals surface area contributed by atoms with Gasteiger partial charge in [0.25, 0.3) is 0 Å². The summed E-state index contributed by atoms with van der Waals surface area (Å²) in [5.41, 5.74) is -2.20.